The molecule has 1 atom stereocenters. The summed E-state index contributed by atoms with van der Waals surface area (Å²) >= 11 is 0. The minimum absolute atomic E-state index is 0.210. The van der Waals surface area contributed by atoms with E-state index in [4.69, 9.17) is 4.74 Å². The maximum Gasteiger partial charge on any atom is 0.161 e. The van der Waals surface area contributed by atoms with Gasteiger partial charge in [-0.15, -0.1) is 0 Å². The first kappa shape index (κ1) is 10.7. The van der Waals surface area contributed by atoms with Gasteiger partial charge in [0.25, 0.3) is 0 Å². The molecule has 1 aliphatic carbocycles. The van der Waals surface area contributed by atoms with Crippen LogP contribution in [0, 0.1) is 5.92 Å². The van der Waals surface area contributed by atoms with Crippen LogP contribution in [0.4, 0.5) is 0 Å². The van der Waals surface area contributed by atoms with Crippen LogP contribution in [0.5, 0.6) is 0 Å². The predicted molar refractivity (Wildman–Crippen MR) is 52.6 cm³/mol. The summed E-state index contributed by atoms with van der Waals surface area (Å²) in [5.74, 6) is 0.927. The van der Waals surface area contributed by atoms with Crippen LogP contribution in [0.2, 0.25) is 0 Å². The molecule has 0 radical (unpaired) electrons. The van der Waals surface area contributed by atoms with E-state index in [1.165, 1.54) is 12.8 Å². The monoisotopic (exact) mass is 184 g/mol. The summed E-state index contributed by atoms with van der Waals surface area (Å²) in [5, 5.41) is 0. The molecule has 0 N–H and O–H groups in total. The van der Waals surface area contributed by atoms with Gasteiger partial charge in [0.15, 0.2) is 5.78 Å². The molecule has 1 fully saturated rings. The van der Waals surface area contributed by atoms with Crippen LogP contribution in [0.3, 0.4) is 0 Å². The average Bonchev–Trinajstić information content (AvgIpc) is 2.67. The Labute approximate surface area is 80.7 Å². The zero-order chi connectivity index (χ0) is 10.1. The fourth-order valence-corrected chi connectivity index (χ4v) is 1.37. The van der Waals surface area contributed by atoms with Crippen LogP contribution in [0.1, 0.15) is 47.0 Å². The second-order valence-electron chi connectivity index (χ2n) is 4.99. The Morgan fingerprint density at radius 3 is 2.38 bits per heavy atom. The topological polar surface area (TPSA) is 26.3 Å². The van der Waals surface area contributed by atoms with E-state index in [1.54, 1.807) is 0 Å². The first-order valence-electron chi connectivity index (χ1n) is 5.09. The molecule has 1 unspecified atom stereocenters. The van der Waals surface area contributed by atoms with Gasteiger partial charge < -0.3 is 4.74 Å². The average molecular weight is 184 g/mol. The normalized spacial score (nSPS) is 20.0. The summed E-state index contributed by atoms with van der Waals surface area (Å²) in [6.07, 6.45) is 2.94. The zero-order valence-corrected chi connectivity index (χ0v) is 9.09. The molecule has 0 spiro atoms. The highest BCUT2D eigenvalue weighted by molar-refractivity contribution is 5.83. The Morgan fingerprint density at radius 2 is 2.00 bits per heavy atom. The van der Waals surface area contributed by atoms with Gasteiger partial charge in [0.05, 0.1) is 5.60 Å². The molecule has 1 rings (SSSR count). The zero-order valence-electron chi connectivity index (χ0n) is 9.09. The molecule has 0 amide bonds. The van der Waals surface area contributed by atoms with Crippen LogP contribution in [-0.4, -0.2) is 17.5 Å². The van der Waals surface area contributed by atoms with Crippen LogP contribution >= 0.6 is 0 Å². The lowest BCUT2D eigenvalue weighted by Crippen LogP contribution is -2.31. The molecule has 1 aliphatic rings. The molecule has 2 nitrogen and oxygen atoms in total. The van der Waals surface area contributed by atoms with Crippen molar-refractivity contribution in [1.82, 2.24) is 0 Å². The maximum absolute atomic E-state index is 11.5. The number of carbonyl (C=O) groups excluding carboxylic acids is 1. The van der Waals surface area contributed by atoms with Gasteiger partial charge in [-0.25, -0.2) is 0 Å². The van der Waals surface area contributed by atoms with Crippen molar-refractivity contribution in [3.63, 3.8) is 0 Å². The SMILES string of the molecule is CC(OC(C)(C)C)C(=O)CC1CC1. The third kappa shape index (κ3) is 4.41. The molecular weight excluding hydrogens is 164 g/mol. The molecule has 13 heavy (non-hydrogen) atoms. The van der Waals surface area contributed by atoms with Gasteiger partial charge >= 0.3 is 0 Å². The Balaban J connectivity index is 2.28. The van der Waals surface area contributed by atoms with Crippen molar-refractivity contribution < 1.29 is 9.53 Å². The fourth-order valence-electron chi connectivity index (χ4n) is 1.37. The van der Waals surface area contributed by atoms with Gasteiger partial charge in [-0.05, 0) is 46.5 Å². The highest BCUT2D eigenvalue weighted by atomic mass is 16.5. The molecular formula is C11H20O2. The van der Waals surface area contributed by atoms with Crippen molar-refractivity contribution in [3.05, 3.63) is 0 Å². The summed E-state index contributed by atoms with van der Waals surface area (Å²) in [6.45, 7) is 7.80. The smallest absolute Gasteiger partial charge is 0.161 e. The van der Waals surface area contributed by atoms with Crippen molar-refractivity contribution >= 4 is 5.78 Å². The standard InChI is InChI=1S/C11H20O2/c1-8(13-11(2,3)4)10(12)7-9-5-6-9/h8-9H,5-7H2,1-4H3. The highest BCUT2D eigenvalue weighted by Crippen LogP contribution is 2.33. The summed E-state index contributed by atoms with van der Waals surface area (Å²) in [5.41, 5.74) is -0.210. The lowest BCUT2D eigenvalue weighted by Gasteiger charge is -2.24. The first-order valence-corrected chi connectivity index (χ1v) is 5.09. The molecule has 0 heterocycles. The van der Waals surface area contributed by atoms with Crippen LogP contribution in [-0.2, 0) is 9.53 Å². The largest absolute Gasteiger partial charge is 0.365 e. The van der Waals surface area contributed by atoms with Gasteiger partial charge in [-0.3, -0.25) is 4.79 Å². The fraction of sp³-hybridized carbons (Fsp3) is 0.909. The van der Waals surface area contributed by atoms with E-state index in [-0.39, 0.29) is 17.5 Å². The molecule has 0 aromatic rings. The molecule has 2 heteroatoms. The number of rotatable bonds is 4. The lowest BCUT2D eigenvalue weighted by molar-refractivity contribution is -0.138. The van der Waals surface area contributed by atoms with E-state index in [0.29, 0.717) is 5.92 Å². The molecule has 0 aliphatic heterocycles. The van der Waals surface area contributed by atoms with Gasteiger partial charge in [0, 0.05) is 6.42 Å². The van der Waals surface area contributed by atoms with E-state index in [1.807, 2.05) is 27.7 Å². The lowest BCUT2D eigenvalue weighted by atomic mass is 10.1. The summed E-state index contributed by atoms with van der Waals surface area (Å²) < 4.78 is 5.58. The molecule has 0 aromatic carbocycles. The Kier molecular flexibility index (Phi) is 3.12. The Bertz CT molecular complexity index is 187. The minimum atomic E-state index is -0.236. The van der Waals surface area contributed by atoms with Crippen molar-refractivity contribution in [2.45, 2.75) is 58.7 Å². The van der Waals surface area contributed by atoms with Crippen molar-refractivity contribution in [2.24, 2.45) is 5.92 Å². The van der Waals surface area contributed by atoms with Crippen molar-refractivity contribution in [3.8, 4) is 0 Å². The van der Waals surface area contributed by atoms with Gasteiger partial charge in [0.2, 0.25) is 0 Å². The molecule has 1 saturated carbocycles. The Hall–Kier alpha value is -0.370. The minimum Gasteiger partial charge on any atom is -0.365 e. The van der Waals surface area contributed by atoms with Crippen LogP contribution < -0.4 is 0 Å². The van der Waals surface area contributed by atoms with E-state index in [0.717, 1.165) is 6.42 Å². The maximum atomic E-state index is 11.5. The summed E-state index contributed by atoms with van der Waals surface area (Å²) in [4.78, 5) is 11.5. The summed E-state index contributed by atoms with van der Waals surface area (Å²) in [6, 6.07) is 0. The first-order chi connectivity index (χ1) is 5.88. The molecule has 0 aromatic heterocycles. The van der Waals surface area contributed by atoms with Gasteiger partial charge in [-0.1, -0.05) is 0 Å². The van der Waals surface area contributed by atoms with E-state index in [9.17, 15) is 4.79 Å². The van der Waals surface area contributed by atoms with E-state index < -0.39 is 0 Å². The van der Waals surface area contributed by atoms with E-state index in [2.05, 4.69) is 0 Å². The van der Waals surface area contributed by atoms with E-state index >= 15 is 0 Å². The second kappa shape index (κ2) is 3.79. The van der Waals surface area contributed by atoms with Gasteiger partial charge in [0.1, 0.15) is 6.10 Å². The predicted octanol–water partition coefficient (Wildman–Crippen LogP) is 2.56. The number of ketones is 1. The molecule has 0 saturated heterocycles. The number of carbonyl (C=O) groups is 1. The van der Waals surface area contributed by atoms with Crippen LogP contribution in [0.15, 0.2) is 0 Å². The number of ether oxygens (including phenoxy) is 1. The van der Waals surface area contributed by atoms with Crippen molar-refractivity contribution in [1.29, 1.82) is 0 Å². The van der Waals surface area contributed by atoms with Crippen LogP contribution in [0.25, 0.3) is 0 Å². The van der Waals surface area contributed by atoms with Gasteiger partial charge in [-0.2, -0.15) is 0 Å². The molecule has 0 bridgehead atoms. The highest BCUT2D eigenvalue weighted by Gasteiger charge is 2.28. The number of Topliss-reactive ketones (excluding diaryl/α,β-unsaturated/α-hetero) is 1. The summed E-state index contributed by atoms with van der Waals surface area (Å²) in [7, 11) is 0. The molecule has 76 valence electrons. The third-order valence-corrected chi connectivity index (χ3v) is 2.17. The number of hydrogen-bond acceptors (Lipinski definition) is 2. The third-order valence-electron chi connectivity index (χ3n) is 2.17. The van der Waals surface area contributed by atoms with Crippen molar-refractivity contribution in [2.75, 3.05) is 0 Å². The number of hydrogen-bond donors (Lipinski definition) is 0. The quantitative estimate of drug-likeness (QED) is 0.671. The Morgan fingerprint density at radius 1 is 1.46 bits per heavy atom. The second-order valence-corrected chi connectivity index (χ2v) is 4.99.